The zero-order valence-corrected chi connectivity index (χ0v) is 14.0. The van der Waals surface area contributed by atoms with E-state index in [1.807, 2.05) is 12.1 Å². The maximum Gasteiger partial charge on any atom is 0.126 e. The Morgan fingerprint density at radius 3 is 2.38 bits per heavy atom. The Labute approximate surface area is 128 Å². The standard InChI is InChI=1S/C18H29FN2/c1-18(2,3)20-16-12-13(10-11-17(16)21(4)5)14-8-6-7-9-15(14)19/h6-9,13,16-17,20H,10-12H2,1-5H3/t13-,16+,17+/m1/s1. The van der Waals surface area contributed by atoms with Crippen molar-refractivity contribution in [3.8, 4) is 0 Å². The molecule has 1 aliphatic carbocycles. The summed E-state index contributed by atoms with van der Waals surface area (Å²) in [6, 6.07) is 8.17. The fraction of sp³-hybridized carbons (Fsp3) is 0.667. The van der Waals surface area contributed by atoms with Crippen LogP contribution in [0.3, 0.4) is 0 Å². The van der Waals surface area contributed by atoms with E-state index in [2.05, 4.69) is 45.1 Å². The second-order valence-electron chi connectivity index (χ2n) is 7.56. The zero-order valence-electron chi connectivity index (χ0n) is 14.0. The van der Waals surface area contributed by atoms with Crippen LogP contribution in [0.15, 0.2) is 24.3 Å². The van der Waals surface area contributed by atoms with Gasteiger partial charge in [-0.25, -0.2) is 4.39 Å². The Kier molecular flexibility index (Phi) is 5.05. The Morgan fingerprint density at radius 1 is 1.14 bits per heavy atom. The molecule has 1 fully saturated rings. The van der Waals surface area contributed by atoms with E-state index in [-0.39, 0.29) is 11.4 Å². The minimum Gasteiger partial charge on any atom is -0.308 e. The molecule has 0 radical (unpaired) electrons. The minimum absolute atomic E-state index is 0.0553. The topological polar surface area (TPSA) is 15.3 Å². The van der Waals surface area contributed by atoms with Crippen molar-refractivity contribution < 1.29 is 4.39 Å². The van der Waals surface area contributed by atoms with Crippen molar-refractivity contribution in [2.45, 2.75) is 63.6 Å². The second kappa shape index (κ2) is 6.45. The van der Waals surface area contributed by atoms with Crippen molar-refractivity contribution in [3.05, 3.63) is 35.6 Å². The first-order valence-electron chi connectivity index (χ1n) is 7.96. The third-order valence-corrected chi connectivity index (χ3v) is 4.44. The second-order valence-corrected chi connectivity index (χ2v) is 7.56. The molecule has 0 spiro atoms. The van der Waals surface area contributed by atoms with Gasteiger partial charge in [-0.05, 0) is 71.7 Å². The van der Waals surface area contributed by atoms with Gasteiger partial charge in [0.25, 0.3) is 0 Å². The van der Waals surface area contributed by atoms with Gasteiger partial charge in [-0.2, -0.15) is 0 Å². The quantitative estimate of drug-likeness (QED) is 0.912. The molecule has 0 bridgehead atoms. The molecule has 3 heteroatoms. The first-order valence-corrected chi connectivity index (χ1v) is 7.96. The SMILES string of the molecule is CN(C)[C@H]1CC[C@@H](c2ccccc2F)C[C@@H]1NC(C)(C)C. The number of rotatable bonds is 3. The molecule has 0 heterocycles. The van der Waals surface area contributed by atoms with Crippen LogP contribution < -0.4 is 5.32 Å². The van der Waals surface area contributed by atoms with Crippen LogP contribution in [0, 0.1) is 5.82 Å². The molecule has 1 aromatic rings. The van der Waals surface area contributed by atoms with Gasteiger partial charge >= 0.3 is 0 Å². The molecule has 118 valence electrons. The van der Waals surface area contributed by atoms with Crippen LogP contribution in [0.1, 0.15) is 51.5 Å². The third kappa shape index (κ3) is 4.27. The number of benzene rings is 1. The molecule has 2 nitrogen and oxygen atoms in total. The molecule has 1 saturated carbocycles. The van der Waals surface area contributed by atoms with Crippen molar-refractivity contribution in [1.29, 1.82) is 0 Å². The Morgan fingerprint density at radius 2 is 1.81 bits per heavy atom. The third-order valence-electron chi connectivity index (χ3n) is 4.44. The molecule has 0 saturated heterocycles. The fourth-order valence-electron chi connectivity index (χ4n) is 3.57. The van der Waals surface area contributed by atoms with E-state index in [0.29, 0.717) is 18.0 Å². The first-order chi connectivity index (χ1) is 9.78. The highest BCUT2D eigenvalue weighted by Gasteiger charge is 2.34. The number of hydrogen-bond acceptors (Lipinski definition) is 2. The molecule has 1 aromatic carbocycles. The zero-order chi connectivity index (χ0) is 15.6. The number of nitrogens with one attached hydrogen (secondary N) is 1. The summed E-state index contributed by atoms with van der Waals surface area (Å²) >= 11 is 0. The lowest BCUT2D eigenvalue weighted by molar-refractivity contribution is 0.144. The average Bonchev–Trinajstić information content (AvgIpc) is 2.37. The smallest absolute Gasteiger partial charge is 0.126 e. The maximum atomic E-state index is 14.1. The fourth-order valence-corrected chi connectivity index (χ4v) is 3.57. The largest absolute Gasteiger partial charge is 0.308 e. The monoisotopic (exact) mass is 292 g/mol. The van der Waals surface area contributed by atoms with E-state index in [1.165, 1.54) is 0 Å². The van der Waals surface area contributed by atoms with Crippen LogP contribution in [0.2, 0.25) is 0 Å². The summed E-state index contributed by atoms with van der Waals surface area (Å²) in [6.45, 7) is 6.60. The molecule has 0 aliphatic heterocycles. The number of nitrogens with zero attached hydrogens (tertiary/aromatic N) is 1. The van der Waals surface area contributed by atoms with Crippen LogP contribution >= 0.6 is 0 Å². The lowest BCUT2D eigenvalue weighted by Crippen LogP contribution is -2.55. The molecular formula is C18H29FN2. The van der Waals surface area contributed by atoms with Crippen LogP contribution in [-0.2, 0) is 0 Å². The van der Waals surface area contributed by atoms with Crippen molar-refractivity contribution >= 4 is 0 Å². The minimum atomic E-state index is -0.0553. The van der Waals surface area contributed by atoms with Crippen LogP contribution in [0.5, 0.6) is 0 Å². The maximum absolute atomic E-state index is 14.1. The van der Waals surface area contributed by atoms with Crippen LogP contribution in [0.25, 0.3) is 0 Å². The highest BCUT2D eigenvalue weighted by atomic mass is 19.1. The molecule has 1 aliphatic rings. The molecule has 3 atom stereocenters. The summed E-state index contributed by atoms with van der Waals surface area (Å²) in [7, 11) is 4.29. The van der Waals surface area contributed by atoms with Crippen molar-refractivity contribution in [3.63, 3.8) is 0 Å². The van der Waals surface area contributed by atoms with E-state index in [4.69, 9.17) is 0 Å². The summed E-state index contributed by atoms with van der Waals surface area (Å²) in [5, 5.41) is 3.74. The number of halogens is 1. The molecule has 0 amide bonds. The Hall–Kier alpha value is -0.930. The van der Waals surface area contributed by atoms with Gasteiger partial charge in [0.1, 0.15) is 5.82 Å². The van der Waals surface area contributed by atoms with Gasteiger partial charge in [-0.1, -0.05) is 18.2 Å². The molecule has 0 unspecified atom stereocenters. The van der Waals surface area contributed by atoms with Gasteiger partial charge in [0.2, 0.25) is 0 Å². The van der Waals surface area contributed by atoms with Crippen molar-refractivity contribution in [1.82, 2.24) is 10.2 Å². The first kappa shape index (κ1) is 16.4. The van der Waals surface area contributed by atoms with Gasteiger partial charge in [-0.3, -0.25) is 0 Å². The molecular weight excluding hydrogens is 263 g/mol. The Bertz CT molecular complexity index is 465. The van der Waals surface area contributed by atoms with Gasteiger partial charge in [0, 0.05) is 17.6 Å². The van der Waals surface area contributed by atoms with E-state index in [0.717, 1.165) is 24.8 Å². The summed E-state index contributed by atoms with van der Waals surface area (Å²) in [5.74, 6) is 0.266. The summed E-state index contributed by atoms with van der Waals surface area (Å²) in [4.78, 5) is 2.31. The van der Waals surface area contributed by atoms with Gasteiger partial charge < -0.3 is 10.2 Å². The average molecular weight is 292 g/mol. The molecule has 0 aromatic heterocycles. The lowest BCUT2D eigenvalue weighted by Gasteiger charge is -2.43. The summed E-state index contributed by atoms with van der Waals surface area (Å²) < 4.78 is 14.1. The lowest BCUT2D eigenvalue weighted by atomic mass is 9.77. The Balaban J connectivity index is 2.17. The highest BCUT2D eigenvalue weighted by molar-refractivity contribution is 5.23. The number of hydrogen-bond donors (Lipinski definition) is 1. The van der Waals surface area contributed by atoms with E-state index < -0.39 is 0 Å². The van der Waals surface area contributed by atoms with Crippen molar-refractivity contribution in [2.75, 3.05) is 14.1 Å². The normalized spacial score (nSPS) is 27.1. The van der Waals surface area contributed by atoms with E-state index >= 15 is 0 Å². The van der Waals surface area contributed by atoms with Gasteiger partial charge in [0.05, 0.1) is 0 Å². The number of likely N-dealkylation sites (N-methyl/N-ethyl adjacent to an activating group) is 1. The van der Waals surface area contributed by atoms with E-state index in [1.54, 1.807) is 12.1 Å². The van der Waals surface area contributed by atoms with Crippen LogP contribution in [0.4, 0.5) is 4.39 Å². The summed E-state index contributed by atoms with van der Waals surface area (Å²) in [6.07, 6.45) is 3.17. The van der Waals surface area contributed by atoms with Crippen LogP contribution in [-0.4, -0.2) is 36.6 Å². The van der Waals surface area contributed by atoms with Gasteiger partial charge in [0.15, 0.2) is 0 Å². The molecule has 21 heavy (non-hydrogen) atoms. The van der Waals surface area contributed by atoms with Crippen molar-refractivity contribution in [2.24, 2.45) is 0 Å². The summed E-state index contributed by atoms with van der Waals surface area (Å²) in [5.41, 5.74) is 0.964. The predicted octanol–water partition coefficient (Wildman–Crippen LogP) is 3.78. The predicted molar refractivity (Wildman–Crippen MR) is 87.1 cm³/mol. The highest BCUT2D eigenvalue weighted by Crippen LogP contribution is 2.36. The van der Waals surface area contributed by atoms with E-state index in [9.17, 15) is 4.39 Å². The molecule has 1 N–H and O–H groups in total. The molecule has 2 rings (SSSR count). The van der Waals surface area contributed by atoms with Gasteiger partial charge in [-0.15, -0.1) is 0 Å².